The smallest absolute Gasteiger partial charge is 0.241 e. The first-order valence-corrected chi connectivity index (χ1v) is 9.95. The number of hydrogen-bond donors (Lipinski definition) is 1. The van der Waals surface area contributed by atoms with Crippen molar-refractivity contribution in [2.75, 3.05) is 29.9 Å². The average Bonchev–Trinajstić information content (AvgIpc) is 2.99. The Morgan fingerprint density at radius 1 is 1.21 bits per heavy atom. The van der Waals surface area contributed by atoms with Crippen molar-refractivity contribution in [2.24, 2.45) is 0 Å². The minimum absolute atomic E-state index is 0.0195. The highest BCUT2D eigenvalue weighted by Crippen LogP contribution is 2.31. The van der Waals surface area contributed by atoms with Crippen molar-refractivity contribution in [3.05, 3.63) is 58.6 Å². The molecule has 2 aromatic carbocycles. The molecule has 0 saturated carbocycles. The number of nitrogens with one attached hydrogen (secondary N) is 1. The van der Waals surface area contributed by atoms with Gasteiger partial charge in [-0.05, 0) is 56.1 Å². The number of hydrogen-bond acceptors (Lipinski definition) is 3. The van der Waals surface area contributed by atoms with Gasteiger partial charge in [-0.15, -0.1) is 0 Å². The van der Waals surface area contributed by atoms with Gasteiger partial charge in [-0.2, -0.15) is 0 Å². The van der Waals surface area contributed by atoms with Crippen LogP contribution in [-0.2, 0) is 16.0 Å². The van der Waals surface area contributed by atoms with E-state index in [1.807, 2.05) is 47.9 Å². The van der Waals surface area contributed by atoms with E-state index >= 15 is 0 Å². The van der Waals surface area contributed by atoms with Crippen LogP contribution in [0.1, 0.15) is 25.0 Å². The molecule has 6 heteroatoms. The highest BCUT2D eigenvalue weighted by molar-refractivity contribution is 6.31. The van der Waals surface area contributed by atoms with Crippen LogP contribution in [0.3, 0.4) is 0 Å². The number of aryl methyl sites for hydroxylation is 1. The van der Waals surface area contributed by atoms with E-state index in [2.05, 4.69) is 18.3 Å². The van der Waals surface area contributed by atoms with Gasteiger partial charge in [0.2, 0.25) is 11.8 Å². The lowest BCUT2D eigenvalue weighted by Gasteiger charge is -2.27. The van der Waals surface area contributed by atoms with Crippen molar-refractivity contribution >= 4 is 34.8 Å². The number of carbonyl (C=O) groups is 2. The van der Waals surface area contributed by atoms with Gasteiger partial charge in [0, 0.05) is 22.4 Å². The van der Waals surface area contributed by atoms with Gasteiger partial charge in [0.15, 0.2) is 0 Å². The minimum atomic E-state index is -0.158. The summed E-state index contributed by atoms with van der Waals surface area (Å²) in [5.74, 6) is -0.138. The van der Waals surface area contributed by atoms with Gasteiger partial charge in [-0.1, -0.05) is 42.8 Å². The third-order valence-corrected chi connectivity index (χ3v) is 5.36. The molecule has 1 atom stereocenters. The van der Waals surface area contributed by atoms with E-state index < -0.39 is 0 Å². The van der Waals surface area contributed by atoms with Gasteiger partial charge in [0.25, 0.3) is 0 Å². The second-order valence-corrected chi connectivity index (χ2v) is 7.69. The number of anilines is 2. The molecule has 1 heterocycles. The molecule has 0 aliphatic carbocycles. The van der Waals surface area contributed by atoms with E-state index in [-0.39, 0.29) is 30.9 Å². The fourth-order valence-electron chi connectivity index (χ4n) is 3.61. The number of halogens is 1. The van der Waals surface area contributed by atoms with Crippen LogP contribution >= 0.6 is 11.6 Å². The Hall–Kier alpha value is -2.37. The summed E-state index contributed by atoms with van der Waals surface area (Å²) in [6, 6.07) is 13.5. The normalized spacial score (nSPS) is 15.6. The molecular formula is C22H26ClN3O2. The molecule has 5 nitrogen and oxygen atoms in total. The summed E-state index contributed by atoms with van der Waals surface area (Å²) in [4.78, 5) is 29.2. The Balaban J connectivity index is 1.63. The molecular weight excluding hydrogens is 374 g/mol. The fraction of sp³-hybridized carbons (Fsp3) is 0.364. The van der Waals surface area contributed by atoms with Crippen molar-refractivity contribution in [1.29, 1.82) is 0 Å². The molecule has 0 aromatic heterocycles. The number of benzene rings is 2. The van der Waals surface area contributed by atoms with Gasteiger partial charge < -0.3 is 10.2 Å². The Kier molecular flexibility index (Phi) is 6.37. The first-order valence-electron chi connectivity index (χ1n) is 9.57. The quantitative estimate of drug-likeness (QED) is 0.801. The highest BCUT2D eigenvalue weighted by atomic mass is 35.5. The van der Waals surface area contributed by atoms with E-state index in [9.17, 15) is 9.59 Å². The Labute approximate surface area is 171 Å². The molecule has 1 N–H and O–H groups in total. The zero-order chi connectivity index (χ0) is 20.3. The number of nitrogens with zero attached hydrogens (tertiary/aromatic N) is 2. The van der Waals surface area contributed by atoms with E-state index in [4.69, 9.17) is 11.6 Å². The summed E-state index contributed by atoms with van der Waals surface area (Å²) in [7, 11) is 0. The minimum Gasteiger partial charge on any atom is -0.325 e. The van der Waals surface area contributed by atoms with E-state index in [0.29, 0.717) is 17.3 Å². The van der Waals surface area contributed by atoms with Crippen LogP contribution in [0.4, 0.5) is 11.4 Å². The summed E-state index contributed by atoms with van der Waals surface area (Å²) in [6.45, 7) is 6.89. The predicted molar refractivity (Wildman–Crippen MR) is 114 cm³/mol. The maximum absolute atomic E-state index is 13.0. The van der Waals surface area contributed by atoms with Gasteiger partial charge in [0.1, 0.15) is 0 Å². The highest BCUT2D eigenvalue weighted by Gasteiger charge is 2.31. The monoisotopic (exact) mass is 399 g/mol. The van der Waals surface area contributed by atoms with E-state index in [1.165, 1.54) is 5.56 Å². The molecule has 0 bridgehead atoms. The van der Waals surface area contributed by atoms with Crippen LogP contribution in [0.25, 0.3) is 0 Å². The lowest BCUT2D eigenvalue weighted by molar-refractivity contribution is -0.121. The van der Waals surface area contributed by atoms with Gasteiger partial charge >= 0.3 is 0 Å². The second-order valence-electron chi connectivity index (χ2n) is 7.26. The largest absolute Gasteiger partial charge is 0.325 e. The topological polar surface area (TPSA) is 52.7 Å². The molecule has 3 rings (SSSR count). The number of likely N-dealkylation sites (N-methyl/N-ethyl adjacent to an activating group) is 1. The summed E-state index contributed by atoms with van der Waals surface area (Å²) < 4.78 is 0. The zero-order valence-electron chi connectivity index (χ0n) is 16.5. The number of amides is 2. The fourth-order valence-corrected chi connectivity index (χ4v) is 3.79. The zero-order valence-corrected chi connectivity index (χ0v) is 17.3. The Morgan fingerprint density at radius 2 is 1.96 bits per heavy atom. The number of fused-ring (bicyclic) bond motifs is 1. The first-order chi connectivity index (χ1) is 13.4. The molecule has 1 aliphatic heterocycles. The van der Waals surface area contributed by atoms with Crippen LogP contribution in [0.5, 0.6) is 0 Å². The lowest BCUT2D eigenvalue weighted by Crippen LogP contribution is -2.45. The third kappa shape index (κ3) is 4.54. The standard InChI is InChI=1S/C22H26ClN3O2/c1-4-25(13-21(27)24-19-12-18(23)10-9-15(19)2)14-22(28)26-16(3)11-17-7-5-6-8-20(17)26/h5-10,12,16H,4,11,13-14H2,1-3H3,(H,24,27)/t16-/m1/s1. The maximum atomic E-state index is 13.0. The van der Waals surface area contributed by atoms with Crippen LogP contribution in [-0.4, -0.2) is 42.4 Å². The molecule has 0 fully saturated rings. The van der Waals surface area contributed by atoms with Crippen molar-refractivity contribution in [3.63, 3.8) is 0 Å². The Bertz CT molecular complexity index is 884. The lowest BCUT2D eigenvalue weighted by atomic mass is 10.1. The van der Waals surface area contributed by atoms with Crippen molar-refractivity contribution < 1.29 is 9.59 Å². The summed E-state index contributed by atoms with van der Waals surface area (Å²) in [6.07, 6.45) is 0.864. The van der Waals surface area contributed by atoms with Crippen LogP contribution in [0, 0.1) is 6.92 Å². The Morgan fingerprint density at radius 3 is 2.71 bits per heavy atom. The summed E-state index contributed by atoms with van der Waals surface area (Å²) >= 11 is 6.02. The van der Waals surface area contributed by atoms with Crippen molar-refractivity contribution in [2.45, 2.75) is 33.2 Å². The number of para-hydroxylation sites is 1. The number of carbonyl (C=O) groups excluding carboxylic acids is 2. The first kappa shape index (κ1) is 20.4. The molecule has 148 valence electrons. The van der Waals surface area contributed by atoms with Crippen LogP contribution in [0.15, 0.2) is 42.5 Å². The maximum Gasteiger partial charge on any atom is 0.241 e. The molecule has 0 saturated heterocycles. The molecule has 0 spiro atoms. The van der Waals surface area contributed by atoms with Gasteiger partial charge in [0.05, 0.1) is 13.1 Å². The number of rotatable bonds is 6. The summed E-state index contributed by atoms with van der Waals surface area (Å²) in [5, 5.41) is 3.47. The molecule has 2 amide bonds. The SMILES string of the molecule is CCN(CC(=O)Nc1cc(Cl)ccc1C)CC(=O)N1c2ccccc2C[C@H]1C. The summed E-state index contributed by atoms with van der Waals surface area (Å²) in [5.41, 5.74) is 3.82. The van der Waals surface area contributed by atoms with E-state index in [0.717, 1.165) is 17.7 Å². The van der Waals surface area contributed by atoms with Gasteiger partial charge in [-0.25, -0.2) is 0 Å². The third-order valence-electron chi connectivity index (χ3n) is 5.12. The predicted octanol–water partition coefficient (Wildman–Crippen LogP) is 3.89. The van der Waals surface area contributed by atoms with E-state index in [1.54, 1.807) is 12.1 Å². The molecule has 1 aliphatic rings. The van der Waals surface area contributed by atoms with Crippen molar-refractivity contribution in [3.8, 4) is 0 Å². The van der Waals surface area contributed by atoms with Crippen molar-refractivity contribution in [1.82, 2.24) is 4.90 Å². The van der Waals surface area contributed by atoms with Crippen LogP contribution in [0.2, 0.25) is 5.02 Å². The van der Waals surface area contributed by atoms with Crippen LogP contribution < -0.4 is 10.2 Å². The molecule has 0 radical (unpaired) electrons. The van der Waals surface area contributed by atoms with Gasteiger partial charge in [-0.3, -0.25) is 14.5 Å². The average molecular weight is 400 g/mol. The molecule has 28 heavy (non-hydrogen) atoms. The molecule has 2 aromatic rings. The molecule has 0 unspecified atom stereocenters. The second kappa shape index (κ2) is 8.76.